The van der Waals surface area contributed by atoms with E-state index in [0.29, 0.717) is 18.9 Å². The molecule has 3 heteroatoms. The molecule has 0 aromatic rings. The zero-order valence-electron chi connectivity index (χ0n) is 10.7. The van der Waals surface area contributed by atoms with Crippen molar-refractivity contribution in [3.05, 3.63) is 25.3 Å². The Balaban J connectivity index is 2.49. The van der Waals surface area contributed by atoms with E-state index >= 15 is 0 Å². The van der Waals surface area contributed by atoms with Crippen molar-refractivity contribution in [3.63, 3.8) is 0 Å². The molecule has 1 aliphatic heterocycles. The number of hydrogen-bond donors (Lipinski definition) is 2. The molecule has 0 radical (unpaired) electrons. The number of hydrogen-bond acceptors (Lipinski definition) is 2. The minimum absolute atomic E-state index is 0.0147. The predicted octanol–water partition coefficient (Wildman–Crippen LogP) is 2.01. The zero-order valence-corrected chi connectivity index (χ0v) is 10.7. The van der Waals surface area contributed by atoms with Crippen LogP contribution in [0.1, 0.15) is 32.6 Å². The molecule has 2 unspecified atom stereocenters. The van der Waals surface area contributed by atoms with E-state index in [0.717, 1.165) is 19.4 Å². The van der Waals surface area contributed by atoms with Gasteiger partial charge in [-0.2, -0.15) is 0 Å². The van der Waals surface area contributed by atoms with Crippen LogP contribution in [-0.4, -0.2) is 24.5 Å². The second-order valence-corrected chi connectivity index (χ2v) is 4.75. The molecule has 1 rings (SSSR count). The first-order chi connectivity index (χ1) is 8.19. The zero-order chi connectivity index (χ0) is 12.7. The first-order valence-electron chi connectivity index (χ1n) is 6.44. The quantitative estimate of drug-likeness (QED) is 0.693. The van der Waals surface area contributed by atoms with Crippen LogP contribution in [0, 0.1) is 5.92 Å². The Bertz CT molecular complexity index is 265. The minimum atomic E-state index is -0.0147. The molecule has 2 atom stereocenters. The Kier molecular flexibility index (Phi) is 5.98. The lowest BCUT2D eigenvalue weighted by Crippen LogP contribution is -2.53. The van der Waals surface area contributed by atoms with Gasteiger partial charge in [0.2, 0.25) is 5.91 Å². The standard InChI is InChI=1S/C14H24N2O/c1-4-7-12(8-5-2)14(17)16-13-9-6-10-15-11(13)3/h4-5,11-13,15H,1-2,6-10H2,3H3,(H,16,17). The van der Waals surface area contributed by atoms with E-state index in [1.807, 2.05) is 0 Å². The van der Waals surface area contributed by atoms with Crippen LogP contribution in [0.4, 0.5) is 0 Å². The van der Waals surface area contributed by atoms with E-state index in [2.05, 4.69) is 30.7 Å². The van der Waals surface area contributed by atoms with Gasteiger partial charge < -0.3 is 10.6 Å². The molecule has 1 aliphatic rings. The van der Waals surface area contributed by atoms with Crippen LogP contribution in [0.25, 0.3) is 0 Å². The molecule has 0 aliphatic carbocycles. The average Bonchev–Trinajstić information content (AvgIpc) is 2.32. The van der Waals surface area contributed by atoms with Crippen molar-refractivity contribution in [3.8, 4) is 0 Å². The van der Waals surface area contributed by atoms with Crippen molar-refractivity contribution in [1.82, 2.24) is 10.6 Å². The molecule has 1 saturated heterocycles. The van der Waals surface area contributed by atoms with Gasteiger partial charge in [-0.15, -0.1) is 13.2 Å². The molecule has 96 valence electrons. The van der Waals surface area contributed by atoms with Gasteiger partial charge in [-0.3, -0.25) is 4.79 Å². The fourth-order valence-electron chi connectivity index (χ4n) is 2.25. The summed E-state index contributed by atoms with van der Waals surface area (Å²) >= 11 is 0. The molecule has 1 amide bonds. The predicted molar refractivity (Wildman–Crippen MR) is 71.7 cm³/mol. The molecule has 0 saturated carbocycles. The Labute approximate surface area is 104 Å². The minimum Gasteiger partial charge on any atom is -0.352 e. The smallest absolute Gasteiger partial charge is 0.224 e. The Morgan fingerprint density at radius 1 is 1.47 bits per heavy atom. The van der Waals surface area contributed by atoms with Crippen molar-refractivity contribution in [1.29, 1.82) is 0 Å². The third kappa shape index (κ3) is 4.35. The molecular formula is C14H24N2O. The molecule has 0 spiro atoms. The van der Waals surface area contributed by atoms with E-state index < -0.39 is 0 Å². The van der Waals surface area contributed by atoms with Crippen LogP contribution < -0.4 is 10.6 Å². The molecule has 3 nitrogen and oxygen atoms in total. The number of carbonyl (C=O) groups is 1. The van der Waals surface area contributed by atoms with E-state index in [1.165, 1.54) is 0 Å². The summed E-state index contributed by atoms with van der Waals surface area (Å²) in [4.78, 5) is 12.1. The lowest BCUT2D eigenvalue weighted by molar-refractivity contribution is -0.125. The van der Waals surface area contributed by atoms with Gasteiger partial charge in [0.15, 0.2) is 0 Å². The lowest BCUT2D eigenvalue weighted by Gasteiger charge is -2.31. The maximum Gasteiger partial charge on any atom is 0.224 e. The third-order valence-electron chi connectivity index (χ3n) is 3.36. The molecule has 1 fully saturated rings. The van der Waals surface area contributed by atoms with Crippen molar-refractivity contribution in [2.24, 2.45) is 5.92 Å². The number of nitrogens with one attached hydrogen (secondary N) is 2. The molecule has 0 bridgehead atoms. The number of allylic oxidation sites excluding steroid dienone is 2. The Hall–Kier alpha value is -1.09. The highest BCUT2D eigenvalue weighted by atomic mass is 16.1. The maximum atomic E-state index is 12.1. The first kappa shape index (κ1) is 14.0. The summed E-state index contributed by atoms with van der Waals surface area (Å²) in [7, 11) is 0. The summed E-state index contributed by atoms with van der Waals surface area (Å²) < 4.78 is 0. The molecule has 1 heterocycles. The number of piperidine rings is 1. The molecule has 0 aromatic carbocycles. The molecule has 2 N–H and O–H groups in total. The van der Waals surface area contributed by atoms with Gasteiger partial charge in [-0.25, -0.2) is 0 Å². The van der Waals surface area contributed by atoms with Gasteiger partial charge in [-0.1, -0.05) is 12.2 Å². The summed E-state index contributed by atoms with van der Waals surface area (Å²) in [6.45, 7) is 10.6. The van der Waals surface area contributed by atoms with Crippen LogP contribution in [-0.2, 0) is 4.79 Å². The second kappa shape index (κ2) is 7.28. The van der Waals surface area contributed by atoms with E-state index in [9.17, 15) is 4.79 Å². The summed E-state index contributed by atoms with van der Waals surface area (Å²) in [5, 5.41) is 6.53. The van der Waals surface area contributed by atoms with Gasteiger partial charge in [0.25, 0.3) is 0 Å². The first-order valence-corrected chi connectivity index (χ1v) is 6.44. The van der Waals surface area contributed by atoms with Crippen molar-refractivity contribution < 1.29 is 4.79 Å². The highest BCUT2D eigenvalue weighted by Gasteiger charge is 2.25. The summed E-state index contributed by atoms with van der Waals surface area (Å²) in [5.41, 5.74) is 0. The highest BCUT2D eigenvalue weighted by molar-refractivity contribution is 5.79. The summed E-state index contributed by atoms with van der Waals surface area (Å²) in [5.74, 6) is 0.115. The van der Waals surface area contributed by atoms with Gasteiger partial charge in [0, 0.05) is 18.0 Å². The van der Waals surface area contributed by atoms with Crippen molar-refractivity contribution in [2.45, 2.75) is 44.7 Å². The molecular weight excluding hydrogens is 212 g/mol. The maximum absolute atomic E-state index is 12.1. The fraction of sp³-hybridized carbons (Fsp3) is 0.643. The van der Waals surface area contributed by atoms with Gasteiger partial charge in [0.1, 0.15) is 0 Å². The normalized spacial score (nSPS) is 24.4. The Morgan fingerprint density at radius 2 is 2.12 bits per heavy atom. The van der Waals surface area contributed by atoms with Crippen LogP contribution >= 0.6 is 0 Å². The summed E-state index contributed by atoms with van der Waals surface area (Å²) in [6.07, 6.45) is 7.23. The SMILES string of the molecule is C=CCC(CC=C)C(=O)NC1CCCNC1C. The number of rotatable bonds is 6. The largest absolute Gasteiger partial charge is 0.352 e. The molecule has 17 heavy (non-hydrogen) atoms. The topological polar surface area (TPSA) is 41.1 Å². The van der Waals surface area contributed by atoms with Crippen LogP contribution in [0.5, 0.6) is 0 Å². The third-order valence-corrected chi connectivity index (χ3v) is 3.36. The number of carbonyl (C=O) groups excluding carboxylic acids is 1. The van der Waals surface area contributed by atoms with Crippen LogP contribution in [0.15, 0.2) is 25.3 Å². The van der Waals surface area contributed by atoms with Gasteiger partial charge >= 0.3 is 0 Å². The van der Waals surface area contributed by atoms with Crippen molar-refractivity contribution >= 4 is 5.91 Å². The Morgan fingerprint density at radius 3 is 2.65 bits per heavy atom. The van der Waals surface area contributed by atoms with Crippen LogP contribution in [0.3, 0.4) is 0 Å². The molecule has 0 aromatic heterocycles. The van der Waals surface area contributed by atoms with E-state index in [-0.39, 0.29) is 17.9 Å². The van der Waals surface area contributed by atoms with E-state index in [1.54, 1.807) is 12.2 Å². The van der Waals surface area contributed by atoms with Crippen molar-refractivity contribution in [2.75, 3.05) is 6.54 Å². The second-order valence-electron chi connectivity index (χ2n) is 4.75. The van der Waals surface area contributed by atoms with E-state index in [4.69, 9.17) is 0 Å². The monoisotopic (exact) mass is 236 g/mol. The summed E-state index contributed by atoms with van der Waals surface area (Å²) in [6, 6.07) is 0.620. The highest BCUT2D eigenvalue weighted by Crippen LogP contribution is 2.13. The fourth-order valence-corrected chi connectivity index (χ4v) is 2.25. The van der Waals surface area contributed by atoms with Gasteiger partial charge in [-0.05, 0) is 39.2 Å². The van der Waals surface area contributed by atoms with Gasteiger partial charge in [0.05, 0.1) is 0 Å². The number of amides is 1. The average molecular weight is 236 g/mol. The van der Waals surface area contributed by atoms with Crippen LogP contribution in [0.2, 0.25) is 0 Å². The lowest BCUT2D eigenvalue weighted by atomic mass is 9.96.